The van der Waals surface area contributed by atoms with Crippen LogP contribution in [0.2, 0.25) is 5.02 Å². The molecule has 7 heteroatoms. The molecule has 0 unspecified atom stereocenters. The maximum Gasteiger partial charge on any atom is 0.339 e. The van der Waals surface area contributed by atoms with Crippen LogP contribution in [0.5, 0.6) is 0 Å². The van der Waals surface area contributed by atoms with Crippen molar-refractivity contribution in [3.05, 3.63) is 68.0 Å². The molecule has 4 nitrogen and oxygen atoms in total. The van der Waals surface area contributed by atoms with Crippen molar-refractivity contribution < 1.29 is 14.3 Å². The molecule has 1 aromatic carbocycles. The highest BCUT2D eigenvalue weighted by atomic mass is 127. The van der Waals surface area contributed by atoms with Gasteiger partial charge in [-0.15, -0.1) is 0 Å². The number of hydrogen-bond donors (Lipinski definition) is 1. The number of hydrogen-bond acceptors (Lipinski definition) is 2. The van der Waals surface area contributed by atoms with Gasteiger partial charge in [-0.05, 0) is 46.4 Å². The van der Waals surface area contributed by atoms with E-state index in [1.807, 2.05) is 22.6 Å². The molecule has 1 N–H and O–H groups in total. The summed E-state index contributed by atoms with van der Waals surface area (Å²) >= 11 is 8.18. The number of aromatic nitrogens is 2. The second kappa shape index (κ2) is 5.85. The molecule has 0 saturated heterocycles. The first kappa shape index (κ1) is 15.2. The highest BCUT2D eigenvalue weighted by molar-refractivity contribution is 14.1. The maximum atomic E-state index is 14.1. The molecule has 0 aliphatic rings. The number of benzene rings is 1. The lowest BCUT2D eigenvalue weighted by Gasteiger charge is -2.06. The van der Waals surface area contributed by atoms with Crippen molar-refractivity contribution in [3.8, 4) is 0 Å². The van der Waals surface area contributed by atoms with Crippen LogP contribution in [0, 0.1) is 9.39 Å². The Labute approximate surface area is 143 Å². The Morgan fingerprint density at radius 1 is 1.41 bits per heavy atom. The first-order chi connectivity index (χ1) is 10.5. The summed E-state index contributed by atoms with van der Waals surface area (Å²) in [5, 5.41) is 9.56. The molecule has 3 rings (SSSR count). The Morgan fingerprint density at radius 2 is 2.18 bits per heavy atom. The molecular formula is C15H9ClFIN2O2. The van der Waals surface area contributed by atoms with Crippen LogP contribution in [0.4, 0.5) is 4.39 Å². The summed E-state index contributed by atoms with van der Waals surface area (Å²) in [6.07, 6.45) is 3.12. The van der Waals surface area contributed by atoms with Gasteiger partial charge < -0.3 is 9.51 Å². The molecule has 2 aromatic heterocycles. The second-order valence-corrected chi connectivity index (χ2v) is 6.31. The lowest BCUT2D eigenvalue weighted by Crippen LogP contribution is -2.05. The van der Waals surface area contributed by atoms with Crippen LogP contribution >= 0.6 is 34.2 Å². The quantitative estimate of drug-likeness (QED) is 0.639. The van der Waals surface area contributed by atoms with Gasteiger partial charge in [-0.1, -0.05) is 17.7 Å². The molecule has 22 heavy (non-hydrogen) atoms. The summed E-state index contributed by atoms with van der Waals surface area (Å²) in [4.78, 5) is 15.5. The SMILES string of the molecule is O=C(O)c1c(Cl)c2ccncn2c1Cc1ccc(I)cc1F. The predicted octanol–water partition coefficient (Wildman–Crippen LogP) is 4.02. The van der Waals surface area contributed by atoms with E-state index in [0.717, 1.165) is 3.57 Å². The van der Waals surface area contributed by atoms with Gasteiger partial charge in [0.25, 0.3) is 0 Å². The molecule has 0 spiro atoms. The van der Waals surface area contributed by atoms with Gasteiger partial charge >= 0.3 is 5.97 Å². The average Bonchev–Trinajstić information content (AvgIpc) is 2.75. The monoisotopic (exact) mass is 430 g/mol. The van der Waals surface area contributed by atoms with Crippen LogP contribution in [0.15, 0.2) is 36.8 Å². The molecule has 0 aliphatic carbocycles. The van der Waals surface area contributed by atoms with Gasteiger partial charge in [0.1, 0.15) is 11.4 Å². The minimum atomic E-state index is -1.14. The lowest BCUT2D eigenvalue weighted by molar-refractivity contribution is 0.0696. The molecule has 0 saturated carbocycles. The highest BCUT2D eigenvalue weighted by Gasteiger charge is 2.23. The van der Waals surface area contributed by atoms with E-state index in [2.05, 4.69) is 4.98 Å². The fourth-order valence-electron chi connectivity index (χ4n) is 2.37. The van der Waals surface area contributed by atoms with Crippen molar-refractivity contribution in [2.45, 2.75) is 6.42 Å². The Hall–Kier alpha value is -1.67. The fourth-order valence-corrected chi connectivity index (χ4v) is 3.16. The summed E-state index contributed by atoms with van der Waals surface area (Å²) in [5.74, 6) is -1.52. The Kier molecular flexibility index (Phi) is 4.05. The number of halogens is 3. The van der Waals surface area contributed by atoms with Gasteiger partial charge in [0.2, 0.25) is 0 Å². The van der Waals surface area contributed by atoms with E-state index in [1.54, 1.807) is 22.6 Å². The van der Waals surface area contributed by atoms with Gasteiger partial charge in [-0.25, -0.2) is 14.2 Å². The summed E-state index contributed by atoms with van der Waals surface area (Å²) in [6.45, 7) is 0. The number of carbonyl (C=O) groups is 1. The molecule has 0 bridgehead atoms. The van der Waals surface area contributed by atoms with Crippen LogP contribution < -0.4 is 0 Å². The van der Waals surface area contributed by atoms with Gasteiger partial charge in [0.15, 0.2) is 0 Å². The zero-order valence-corrected chi connectivity index (χ0v) is 14.0. The topological polar surface area (TPSA) is 54.6 Å². The molecule has 0 radical (unpaired) electrons. The van der Waals surface area contributed by atoms with E-state index in [9.17, 15) is 14.3 Å². The van der Waals surface area contributed by atoms with Crippen LogP contribution in [0.3, 0.4) is 0 Å². The van der Waals surface area contributed by atoms with Gasteiger partial charge in [-0.2, -0.15) is 0 Å². The van der Waals surface area contributed by atoms with Crippen LogP contribution in [0.1, 0.15) is 21.6 Å². The van der Waals surface area contributed by atoms with Crippen LogP contribution in [-0.2, 0) is 6.42 Å². The first-order valence-electron chi connectivity index (χ1n) is 6.28. The number of carboxylic acids is 1. The van der Waals surface area contributed by atoms with E-state index in [0.29, 0.717) is 16.8 Å². The van der Waals surface area contributed by atoms with Crippen LogP contribution in [0.25, 0.3) is 5.52 Å². The Bertz CT molecular complexity index is 895. The van der Waals surface area contributed by atoms with Crippen molar-refractivity contribution >= 4 is 45.7 Å². The van der Waals surface area contributed by atoms with Crippen molar-refractivity contribution in [2.75, 3.05) is 0 Å². The van der Waals surface area contributed by atoms with E-state index in [1.165, 1.54) is 18.6 Å². The second-order valence-electron chi connectivity index (χ2n) is 4.69. The molecular weight excluding hydrogens is 422 g/mol. The smallest absolute Gasteiger partial charge is 0.339 e. The minimum absolute atomic E-state index is 0.0207. The number of fused-ring (bicyclic) bond motifs is 1. The van der Waals surface area contributed by atoms with Crippen molar-refractivity contribution in [2.24, 2.45) is 0 Å². The number of rotatable bonds is 3. The zero-order valence-electron chi connectivity index (χ0n) is 11.1. The third kappa shape index (κ3) is 2.56. The van der Waals surface area contributed by atoms with Crippen molar-refractivity contribution in [3.63, 3.8) is 0 Å². The average molecular weight is 431 g/mol. The van der Waals surface area contributed by atoms with E-state index in [-0.39, 0.29) is 22.8 Å². The summed E-state index contributed by atoms with van der Waals surface area (Å²) < 4.78 is 16.4. The number of aromatic carboxylic acids is 1. The highest BCUT2D eigenvalue weighted by Crippen LogP contribution is 2.30. The normalized spacial score (nSPS) is 11.0. The lowest BCUT2D eigenvalue weighted by atomic mass is 10.1. The summed E-state index contributed by atoms with van der Waals surface area (Å²) in [7, 11) is 0. The maximum absolute atomic E-state index is 14.1. The first-order valence-corrected chi connectivity index (χ1v) is 7.74. The largest absolute Gasteiger partial charge is 0.478 e. The molecule has 2 heterocycles. The molecule has 0 fully saturated rings. The van der Waals surface area contributed by atoms with E-state index >= 15 is 0 Å². The molecule has 0 amide bonds. The Morgan fingerprint density at radius 3 is 2.86 bits per heavy atom. The molecule has 3 aromatic rings. The standard InChI is InChI=1S/C15H9ClFIN2O2/c16-14-11-3-4-19-7-20(11)12(13(14)15(21)22)5-8-1-2-9(18)6-10(8)17/h1-4,6-7H,5H2,(H,21,22). The minimum Gasteiger partial charge on any atom is -0.478 e. The van der Waals surface area contributed by atoms with Crippen LogP contribution in [-0.4, -0.2) is 20.5 Å². The van der Waals surface area contributed by atoms with Crippen molar-refractivity contribution in [1.82, 2.24) is 9.38 Å². The summed E-state index contributed by atoms with van der Waals surface area (Å²) in [5.41, 5.74) is 1.33. The fraction of sp³-hybridized carbons (Fsp3) is 0.0667. The third-order valence-corrected chi connectivity index (χ3v) is 4.42. The van der Waals surface area contributed by atoms with Crippen molar-refractivity contribution in [1.29, 1.82) is 0 Å². The zero-order chi connectivity index (χ0) is 15.9. The third-order valence-electron chi connectivity index (χ3n) is 3.37. The van der Waals surface area contributed by atoms with E-state index < -0.39 is 5.97 Å². The number of nitrogens with zero attached hydrogens (tertiary/aromatic N) is 2. The van der Waals surface area contributed by atoms with Gasteiger partial charge in [-0.3, -0.25) is 0 Å². The summed E-state index contributed by atoms with van der Waals surface area (Å²) in [6, 6.07) is 6.45. The number of carboxylic acid groups (broad SMARTS) is 1. The Balaban J connectivity index is 2.21. The molecule has 0 aliphatic heterocycles. The molecule has 112 valence electrons. The van der Waals surface area contributed by atoms with Gasteiger partial charge in [0, 0.05) is 21.9 Å². The molecule has 0 atom stereocenters. The van der Waals surface area contributed by atoms with Gasteiger partial charge in [0.05, 0.1) is 16.9 Å². The van der Waals surface area contributed by atoms with E-state index in [4.69, 9.17) is 11.6 Å². The predicted molar refractivity (Wildman–Crippen MR) is 89.1 cm³/mol.